The summed E-state index contributed by atoms with van der Waals surface area (Å²) in [6.45, 7) is 4.44. The highest BCUT2D eigenvalue weighted by molar-refractivity contribution is 7.77. The van der Waals surface area contributed by atoms with E-state index in [-0.39, 0.29) is 6.04 Å². The van der Waals surface area contributed by atoms with E-state index in [4.69, 9.17) is 0 Å². The zero-order valence-electron chi connectivity index (χ0n) is 17.5. The van der Waals surface area contributed by atoms with Crippen molar-refractivity contribution >= 4 is 11.3 Å². The summed E-state index contributed by atoms with van der Waals surface area (Å²) in [4.78, 5) is 0. The van der Waals surface area contributed by atoms with Crippen LogP contribution in [0.3, 0.4) is 0 Å². The lowest BCUT2D eigenvalue weighted by atomic mass is 9.86. The lowest BCUT2D eigenvalue weighted by Gasteiger charge is -2.29. The summed E-state index contributed by atoms with van der Waals surface area (Å²) >= 11 is -2.24. The van der Waals surface area contributed by atoms with Gasteiger partial charge in [0.15, 0.2) is 0 Å². The van der Waals surface area contributed by atoms with Gasteiger partial charge in [0, 0.05) is 17.3 Å². The van der Waals surface area contributed by atoms with Crippen LogP contribution in [0.5, 0.6) is 0 Å². The Morgan fingerprint density at radius 3 is 1.89 bits per heavy atom. The van der Waals surface area contributed by atoms with Crippen LogP contribution in [0.2, 0.25) is 0 Å². The molecule has 4 heteroatoms. The van der Waals surface area contributed by atoms with E-state index in [1.54, 1.807) is 0 Å². The van der Waals surface area contributed by atoms with Crippen LogP contribution in [0.15, 0.2) is 30.3 Å². The molecule has 3 unspecified atom stereocenters. The molecular weight excluding hydrogens is 354 g/mol. The first-order valence-electron chi connectivity index (χ1n) is 11.1. The fraction of sp³-hybridized carbons (Fsp3) is 0.739. The highest BCUT2D eigenvalue weighted by Gasteiger charge is 2.22. The third-order valence-corrected chi connectivity index (χ3v) is 5.89. The maximum absolute atomic E-state index is 11.3. The summed E-state index contributed by atoms with van der Waals surface area (Å²) in [5, 5.41) is 0. The van der Waals surface area contributed by atoms with Gasteiger partial charge in [-0.25, -0.2) is 4.72 Å². The van der Waals surface area contributed by atoms with E-state index in [1.165, 1.54) is 64.2 Å². The largest absolute Gasteiger partial charge is 0.760 e. The first-order valence-corrected chi connectivity index (χ1v) is 12.2. The number of hydrogen-bond donors (Lipinski definition) is 1. The van der Waals surface area contributed by atoms with Gasteiger partial charge in [-0.2, -0.15) is 0 Å². The Kier molecular flexibility index (Phi) is 14.7. The maximum Gasteiger partial charge on any atom is 0.0462 e. The van der Waals surface area contributed by atoms with Crippen molar-refractivity contribution in [1.82, 2.24) is 4.72 Å². The molecule has 27 heavy (non-hydrogen) atoms. The van der Waals surface area contributed by atoms with Crippen LogP contribution >= 0.6 is 0 Å². The third kappa shape index (κ3) is 11.7. The molecule has 1 rings (SSSR count). The molecule has 0 bridgehead atoms. The summed E-state index contributed by atoms with van der Waals surface area (Å²) in [7, 11) is 0. The van der Waals surface area contributed by atoms with Crippen LogP contribution in [0.1, 0.15) is 109 Å². The molecule has 0 aromatic heterocycles. The summed E-state index contributed by atoms with van der Waals surface area (Å²) in [6.07, 6.45) is 16.6. The SMILES string of the molecule is CCCCCCCCCCCCC(CCC)C(NS(=O)[O-])c1ccccc1. The van der Waals surface area contributed by atoms with Crippen molar-refractivity contribution in [3.05, 3.63) is 35.9 Å². The Morgan fingerprint density at radius 2 is 1.37 bits per heavy atom. The van der Waals surface area contributed by atoms with Gasteiger partial charge in [0.1, 0.15) is 0 Å². The number of hydrogen-bond acceptors (Lipinski definition) is 2. The fourth-order valence-corrected chi connectivity index (χ4v) is 4.48. The second-order valence-electron chi connectivity index (χ2n) is 7.76. The van der Waals surface area contributed by atoms with E-state index in [0.717, 1.165) is 24.8 Å². The van der Waals surface area contributed by atoms with Gasteiger partial charge < -0.3 is 4.55 Å². The maximum atomic E-state index is 11.3. The molecule has 1 N–H and O–H groups in total. The standard InChI is InChI=1S/C23H41NO2S/c1-3-5-6-7-8-9-10-11-12-14-18-21(17-4-2)23(24-27(25)26)22-19-15-13-16-20-22/h13,15-16,19-21,23-24H,3-12,14,17-18H2,1-2H3,(H,25,26)/p-1. The highest BCUT2D eigenvalue weighted by atomic mass is 32.2. The molecule has 0 fully saturated rings. The lowest BCUT2D eigenvalue weighted by Crippen LogP contribution is -2.30. The molecule has 1 aromatic carbocycles. The highest BCUT2D eigenvalue weighted by Crippen LogP contribution is 2.30. The van der Waals surface area contributed by atoms with Crippen molar-refractivity contribution in [2.75, 3.05) is 0 Å². The van der Waals surface area contributed by atoms with Crippen LogP contribution in [0, 0.1) is 5.92 Å². The van der Waals surface area contributed by atoms with Gasteiger partial charge in [-0.3, -0.25) is 4.21 Å². The predicted molar refractivity (Wildman–Crippen MR) is 116 cm³/mol. The molecule has 0 spiro atoms. The number of unbranched alkanes of at least 4 members (excludes halogenated alkanes) is 9. The minimum absolute atomic E-state index is 0.108. The molecule has 156 valence electrons. The van der Waals surface area contributed by atoms with E-state index in [2.05, 4.69) is 18.6 Å². The van der Waals surface area contributed by atoms with Gasteiger partial charge in [0.2, 0.25) is 0 Å². The number of rotatable bonds is 17. The second kappa shape index (κ2) is 16.3. The van der Waals surface area contributed by atoms with Gasteiger partial charge in [0.05, 0.1) is 0 Å². The van der Waals surface area contributed by atoms with E-state index in [1.807, 2.05) is 30.3 Å². The van der Waals surface area contributed by atoms with Gasteiger partial charge >= 0.3 is 0 Å². The number of nitrogens with one attached hydrogen (secondary N) is 1. The molecular formula is C23H40NO2S-. The third-order valence-electron chi connectivity index (χ3n) is 5.44. The molecule has 0 radical (unpaired) electrons. The lowest BCUT2D eigenvalue weighted by molar-refractivity contribution is 0.334. The predicted octanol–water partition coefficient (Wildman–Crippen LogP) is 6.84. The topological polar surface area (TPSA) is 52.2 Å². The quantitative estimate of drug-likeness (QED) is 0.232. The second-order valence-corrected chi connectivity index (χ2v) is 8.47. The van der Waals surface area contributed by atoms with E-state index < -0.39 is 11.3 Å². The first kappa shape index (κ1) is 24.3. The molecule has 1 aromatic rings. The Balaban J connectivity index is 2.37. The zero-order valence-corrected chi connectivity index (χ0v) is 18.3. The van der Waals surface area contributed by atoms with Gasteiger partial charge in [-0.05, 0) is 24.3 Å². The number of benzene rings is 1. The average Bonchev–Trinajstić information content (AvgIpc) is 2.67. The summed E-state index contributed by atoms with van der Waals surface area (Å²) in [5.41, 5.74) is 1.08. The van der Waals surface area contributed by atoms with Crippen molar-refractivity contribution in [2.24, 2.45) is 5.92 Å². The zero-order chi connectivity index (χ0) is 19.7. The summed E-state index contributed by atoms with van der Waals surface area (Å²) in [6, 6.07) is 9.91. The van der Waals surface area contributed by atoms with Gasteiger partial charge in [0.25, 0.3) is 0 Å². The van der Waals surface area contributed by atoms with Crippen LogP contribution in [-0.2, 0) is 11.3 Å². The monoisotopic (exact) mass is 394 g/mol. The Hall–Kier alpha value is -0.710. The van der Waals surface area contributed by atoms with Gasteiger partial charge in [-0.15, -0.1) is 0 Å². The van der Waals surface area contributed by atoms with Gasteiger partial charge in [-0.1, -0.05) is 115 Å². The Labute approximate surface area is 170 Å². The van der Waals surface area contributed by atoms with Crippen molar-refractivity contribution in [3.8, 4) is 0 Å². The van der Waals surface area contributed by atoms with E-state index in [9.17, 15) is 8.76 Å². The molecule has 0 saturated carbocycles. The molecule has 0 aliphatic carbocycles. The fourth-order valence-electron chi connectivity index (χ4n) is 3.94. The molecule has 3 nitrogen and oxygen atoms in total. The summed E-state index contributed by atoms with van der Waals surface area (Å²) < 4.78 is 25.4. The normalized spacial score (nSPS) is 14.8. The van der Waals surface area contributed by atoms with E-state index >= 15 is 0 Å². The van der Waals surface area contributed by atoms with Crippen molar-refractivity contribution in [3.63, 3.8) is 0 Å². The Bertz CT molecular complexity index is 481. The van der Waals surface area contributed by atoms with E-state index in [0.29, 0.717) is 5.92 Å². The molecule has 0 aliphatic rings. The van der Waals surface area contributed by atoms with Crippen LogP contribution in [-0.4, -0.2) is 8.76 Å². The van der Waals surface area contributed by atoms with Crippen LogP contribution < -0.4 is 4.72 Å². The minimum Gasteiger partial charge on any atom is -0.760 e. The Morgan fingerprint density at radius 1 is 0.815 bits per heavy atom. The molecule has 0 amide bonds. The van der Waals surface area contributed by atoms with Crippen molar-refractivity contribution in [1.29, 1.82) is 0 Å². The molecule has 0 heterocycles. The smallest absolute Gasteiger partial charge is 0.0462 e. The molecule has 0 saturated heterocycles. The first-order chi connectivity index (χ1) is 13.2. The van der Waals surface area contributed by atoms with Crippen molar-refractivity contribution < 1.29 is 8.76 Å². The summed E-state index contributed by atoms with van der Waals surface area (Å²) in [5.74, 6) is 0.365. The molecule has 3 atom stereocenters. The van der Waals surface area contributed by atoms with Crippen LogP contribution in [0.4, 0.5) is 0 Å². The molecule has 0 aliphatic heterocycles. The average molecular weight is 395 g/mol. The minimum atomic E-state index is -2.24. The van der Waals surface area contributed by atoms with Crippen LogP contribution in [0.25, 0.3) is 0 Å². The van der Waals surface area contributed by atoms with Crippen molar-refractivity contribution in [2.45, 2.75) is 103 Å².